The van der Waals surface area contributed by atoms with Gasteiger partial charge in [-0.05, 0) is 57.9 Å². The third-order valence-corrected chi connectivity index (χ3v) is 5.82. The molecule has 1 saturated heterocycles. The number of nitrogens with one attached hydrogen (secondary N) is 1. The van der Waals surface area contributed by atoms with Gasteiger partial charge in [0.15, 0.2) is 5.16 Å². The van der Waals surface area contributed by atoms with Gasteiger partial charge in [0.25, 0.3) is 0 Å². The summed E-state index contributed by atoms with van der Waals surface area (Å²) >= 11 is 1.42. The van der Waals surface area contributed by atoms with Crippen molar-refractivity contribution in [3.05, 3.63) is 41.2 Å². The summed E-state index contributed by atoms with van der Waals surface area (Å²) in [5, 5.41) is 3.69. The Balaban J connectivity index is 1.56. The average molecular weight is 418 g/mol. The number of amides is 1. The Bertz CT molecular complexity index is 858. The lowest BCUT2D eigenvalue weighted by Crippen LogP contribution is -2.18. The van der Waals surface area contributed by atoms with Crippen molar-refractivity contribution in [3.63, 3.8) is 0 Å². The third-order valence-electron chi connectivity index (χ3n) is 4.85. The number of carbonyl (C=O) groups is 2. The van der Waals surface area contributed by atoms with Crippen molar-refractivity contribution in [3.8, 4) is 0 Å². The van der Waals surface area contributed by atoms with Crippen LogP contribution >= 0.6 is 11.8 Å². The van der Waals surface area contributed by atoms with Gasteiger partial charge in [-0.3, -0.25) is 4.79 Å². The number of thioether (sulfide) groups is 1. The number of carbonyl (C=O) groups excluding carboxylic acids is 2. The molecule has 0 spiro atoms. The molecule has 2 aromatic rings. The Kier molecular flexibility index (Phi) is 7.33. The number of anilines is 1. The van der Waals surface area contributed by atoms with Crippen molar-refractivity contribution >= 4 is 29.3 Å². The lowest BCUT2D eigenvalue weighted by Gasteiger charge is -2.14. The minimum absolute atomic E-state index is 0.124. The predicted octanol–water partition coefficient (Wildman–Crippen LogP) is 3.59. The summed E-state index contributed by atoms with van der Waals surface area (Å²) in [6.07, 6.45) is 2.37. The van der Waals surface area contributed by atoms with Gasteiger partial charge in [0.05, 0.1) is 36.3 Å². The molecule has 0 unspecified atom stereocenters. The highest BCUT2D eigenvalue weighted by molar-refractivity contribution is 7.99. The van der Waals surface area contributed by atoms with E-state index in [2.05, 4.69) is 14.9 Å². The van der Waals surface area contributed by atoms with Crippen LogP contribution in [0.4, 0.5) is 5.69 Å². The molecule has 1 aromatic heterocycles. The van der Waals surface area contributed by atoms with Crippen molar-refractivity contribution < 1.29 is 19.1 Å². The monoisotopic (exact) mass is 417 g/mol. The van der Waals surface area contributed by atoms with Gasteiger partial charge in [0.1, 0.15) is 0 Å². The van der Waals surface area contributed by atoms with Crippen LogP contribution in [0.1, 0.15) is 41.5 Å². The van der Waals surface area contributed by atoms with Crippen molar-refractivity contribution in [1.82, 2.24) is 9.55 Å². The Morgan fingerprint density at radius 3 is 2.72 bits per heavy atom. The molecule has 0 saturated carbocycles. The van der Waals surface area contributed by atoms with Crippen LogP contribution in [-0.2, 0) is 20.8 Å². The molecule has 1 aliphatic rings. The van der Waals surface area contributed by atoms with Gasteiger partial charge in [-0.2, -0.15) is 0 Å². The van der Waals surface area contributed by atoms with E-state index in [4.69, 9.17) is 9.47 Å². The van der Waals surface area contributed by atoms with Crippen LogP contribution in [0.3, 0.4) is 0 Å². The average Bonchev–Trinajstić information content (AvgIpc) is 3.31. The zero-order chi connectivity index (χ0) is 20.8. The molecule has 156 valence electrons. The van der Waals surface area contributed by atoms with E-state index in [9.17, 15) is 9.59 Å². The minimum atomic E-state index is -0.371. The van der Waals surface area contributed by atoms with E-state index in [0.717, 1.165) is 42.5 Å². The Labute approximate surface area is 175 Å². The van der Waals surface area contributed by atoms with Crippen molar-refractivity contribution in [2.45, 2.75) is 51.4 Å². The number of nitrogens with zero attached hydrogens (tertiary/aromatic N) is 2. The number of hydrogen-bond acceptors (Lipinski definition) is 6. The summed E-state index contributed by atoms with van der Waals surface area (Å²) in [7, 11) is 0. The van der Waals surface area contributed by atoms with E-state index in [1.807, 2.05) is 13.8 Å². The third kappa shape index (κ3) is 5.61. The molecule has 1 N–H and O–H groups in total. The molecule has 0 bridgehead atoms. The molecule has 1 atom stereocenters. The molecule has 1 amide bonds. The molecule has 8 heteroatoms. The van der Waals surface area contributed by atoms with Crippen LogP contribution in [0.25, 0.3) is 0 Å². The molecular weight excluding hydrogens is 390 g/mol. The number of hydrogen-bond donors (Lipinski definition) is 1. The fraction of sp³-hybridized carbons (Fsp3) is 0.476. The predicted molar refractivity (Wildman–Crippen MR) is 112 cm³/mol. The van der Waals surface area contributed by atoms with Crippen LogP contribution in [0.2, 0.25) is 0 Å². The lowest BCUT2D eigenvalue weighted by atomic mass is 10.2. The van der Waals surface area contributed by atoms with Crippen LogP contribution in [0.15, 0.2) is 29.4 Å². The van der Waals surface area contributed by atoms with Gasteiger partial charge in [0, 0.05) is 18.0 Å². The topological polar surface area (TPSA) is 82.5 Å². The highest BCUT2D eigenvalue weighted by Gasteiger charge is 2.20. The number of imidazole rings is 1. The van der Waals surface area contributed by atoms with Crippen LogP contribution in [0.5, 0.6) is 0 Å². The smallest absolute Gasteiger partial charge is 0.338 e. The molecule has 2 heterocycles. The van der Waals surface area contributed by atoms with Crippen LogP contribution in [-0.4, -0.2) is 46.5 Å². The van der Waals surface area contributed by atoms with Gasteiger partial charge < -0.3 is 19.4 Å². The molecule has 0 aliphatic carbocycles. The standard InChI is InChI=1S/C21H27N3O4S/c1-4-27-20(26)16-7-9-17(10-8-16)23-19(25)13-29-21-22-14(2)15(3)24(21)12-18-6-5-11-28-18/h7-10,18H,4-6,11-13H2,1-3H3,(H,23,25)/t18-/m0/s1. The molecule has 1 aromatic carbocycles. The quantitative estimate of drug-likeness (QED) is 0.522. The second kappa shape index (κ2) is 9.93. The Hall–Kier alpha value is -2.32. The minimum Gasteiger partial charge on any atom is -0.462 e. The number of esters is 1. The number of aryl methyl sites for hydroxylation is 1. The first-order chi connectivity index (χ1) is 14.0. The number of benzene rings is 1. The highest BCUT2D eigenvalue weighted by Crippen LogP contribution is 2.24. The maximum absolute atomic E-state index is 12.4. The van der Waals surface area contributed by atoms with E-state index in [0.29, 0.717) is 17.9 Å². The first-order valence-corrected chi connectivity index (χ1v) is 10.8. The number of ether oxygens (including phenoxy) is 2. The Morgan fingerprint density at radius 2 is 2.07 bits per heavy atom. The first kappa shape index (κ1) is 21.4. The summed E-state index contributed by atoms with van der Waals surface area (Å²) in [5.41, 5.74) is 3.18. The number of aromatic nitrogens is 2. The molecular formula is C21H27N3O4S. The maximum atomic E-state index is 12.4. The molecule has 3 rings (SSSR count). The molecule has 7 nitrogen and oxygen atoms in total. The summed E-state index contributed by atoms with van der Waals surface area (Å²) in [5.74, 6) is -0.244. The summed E-state index contributed by atoms with van der Waals surface area (Å²) in [4.78, 5) is 28.7. The fourth-order valence-electron chi connectivity index (χ4n) is 3.17. The van der Waals surface area contributed by atoms with E-state index in [1.165, 1.54) is 11.8 Å². The SMILES string of the molecule is CCOC(=O)c1ccc(NC(=O)CSc2nc(C)c(C)n2C[C@@H]2CCCO2)cc1. The van der Waals surface area contributed by atoms with E-state index in [1.54, 1.807) is 31.2 Å². The van der Waals surface area contributed by atoms with Gasteiger partial charge in [-0.25, -0.2) is 9.78 Å². The second-order valence-corrected chi connectivity index (χ2v) is 7.89. The fourth-order valence-corrected chi connectivity index (χ4v) is 4.07. The van der Waals surface area contributed by atoms with Crippen molar-refractivity contribution in [2.24, 2.45) is 0 Å². The van der Waals surface area contributed by atoms with E-state index < -0.39 is 0 Å². The van der Waals surface area contributed by atoms with Gasteiger partial charge in [-0.1, -0.05) is 11.8 Å². The van der Waals surface area contributed by atoms with Gasteiger partial charge in [-0.15, -0.1) is 0 Å². The van der Waals surface area contributed by atoms with Crippen molar-refractivity contribution in [1.29, 1.82) is 0 Å². The second-order valence-electron chi connectivity index (χ2n) is 6.95. The molecule has 1 aliphatic heterocycles. The largest absolute Gasteiger partial charge is 0.462 e. The Morgan fingerprint density at radius 1 is 1.31 bits per heavy atom. The normalized spacial score (nSPS) is 16.0. The van der Waals surface area contributed by atoms with Crippen LogP contribution < -0.4 is 5.32 Å². The molecule has 0 radical (unpaired) electrons. The maximum Gasteiger partial charge on any atom is 0.338 e. The summed E-state index contributed by atoms with van der Waals surface area (Å²) in [6.45, 7) is 7.71. The van der Waals surface area contributed by atoms with E-state index in [-0.39, 0.29) is 23.7 Å². The zero-order valence-corrected chi connectivity index (χ0v) is 17.9. The van der Waals surface area contributed by atoms with Gasteiger partial charge >= 0.3 is 5.97 Å². The molecule has 1 fully saturated rings. The summed E-state index contributed by atoms with van der Waals surface area (Å²) < 4.78 is 12.9. The number of rotatable bonds is 8. The van der Waals surface area contributed by atoms with Crippen LogP contribution in [0, 0.1) is 13.8 Å². The van der Waals surface area contributed by atoms with Gasteiger partial charge in [0.2, 0.25) is 5.91 Å². The molecule has 29 heavy (non-hydrogen) atoms. The highest BCUT2D eigenvalue weighted by atomic mass is 32.2. The summed E-state index contributed by atoms with van der Waals surface area (Å²) in [6, 6.07) is 6.67. The first-order valence-electron chi connectivity index (χ1n) is 9.83. The van der Waals surface area contributed by atoms with E-state index >= 15 is 0 Å². The van der Waals surface area contributed by atoms with Crippen molar-refractivity contribution in [2.75, 3.05) is 24.3 Å². The zero-order valence-electron chi connectivity index (χ0n) is 17.1. The lowest BCUT2D eigenvalue weighted by molar-refractivity contribution is -0.113.